The fraction of sp³-hybridized carbons (Fsp3) is 0.167. The van der Waals surface area contributed by atoms with Gasteiger partial charge in [0.25, 0.3) is 10.0 Å². The Morgan fingerprint density at radius 3 is 2.59 bits per heavy atom. The van der Waals surface area contributed by atoms with E-state index in [9.17, 15) is 17.2 Å². The highest BCUT2D eigenvalue weighted by Gasteiger charge is 2.16. The lowest BCUT2D eigenvalue weighted by molar-refractivity contribution is 0.535. The first-order chi connectivity index (χ1) is 12.9. The average Bonchev–Trinajstić information content (AvgIpc) is 3.06. The number of nitrogens with zero attached hydrogens (tertiary/aromatic N) is 1. The average molecular weight is 402 g/mol. The van der Waals surface area contributed by atoms with Crippen LogP contribution in [0.3, 0.4) is 0 Å². The minimum absolute atomic E-state index is 0.0758. The largest absolute Gasteiger partial charge is 0.772 e. The summed E-state index contributed by atoms with van der Waals surface area (Å²) in [5, 5.41) is 9.74. The molecule has 0 saturated carbocycles. The van der Waals surface area contributed by atoms with E-state index in [0.717, 1.165) is 5.56 Å². The second-order valence-corrected chi connectivity index (χ2v) is 8.60. The quantitative estimate of drug-likeness (QED) is 0.588. The van der Waals surface area contributed by atoms with E-state index in [4.69, 9.17) is 5.26 Å². The summed E-state index contributed by atoms with van der Waals surface area (Å²) in [4.78, 5) is 3.02. The minimum Gasteiger partial charge on any atom is -0.772 e. The second-order valence-electron chi connectivity index (χ2n) is 5.90. The molecule has 0 saturated heterocycles. The van der Waals surface area contributed by atoms with Gasteiger partial charge in [-0.1, -0.05) is 35.3 Å². The predicted octanol–water partition coefficient (Wildman–Crippen LogP) is 2.65. The van der Waals surface area contributed by atoms with Crippen molar-refractivity contribution in [2.45, 2.75) is 17.7 Å². The van der Waals surface area contributed by atoms with Crippen molar-refractivity contribution in [2.24, 2.45) is 0 Å². The van der Waals surface area contributed by atoms with Crippen LogP contribution in [0.1, 0.15) is 17.5 Å². The second kappa shape index (κ2) is 7.92. The number of H-pyrrole nitrogens is 1. The maximum absolute atomic E-state index is 12.7. The van der Waals surface area contributed by atoms with Crippen molar-refractivity contribution in [3.05, 3.63) is 59.8 Å². The molecule has 0 aliphatic rings. The topological polar surface area (TPSA) is 126 Å². The monoisotopic (exact) mass is 402 g/mol. The van der Waals surface area contributed by atoms with E-state index < -0.39 is 21.1 Å². The van der Waals surface area contributed by atoms with E-state index in [1.807, 2.05) is 0 Å². The van der Waals surface area contributed by atoms with Gasteiger partial charge >= 0.3 is 0 Å². The molecular formula is C18H16N3O4S2-. The summed E-state index contributed by atoms with van der Waals surface area (Å²) in [6, 6.07) is 13.4. The van der Waals surface area contributed by atoms with Crippen LogP contribution < -0.4 is 4.72 Å². The fourth-order valence-corrected chi connectivity index (χ4v) is 4.22. The third kappa shape index (κ3) is 4.36. The Morgan fingerprint density at radius 2 is 1.93 bits per heavy atom. The number of sulfonamides is 1. The number of nitrogens with one attached hydrogen (secondary N) is 2. The van der Waals surface area contributed by atoms with Gasteiger partial charge in [0, 0.05) is 17.3 Å². The van der Waals surface area contributed by atoms with Crippen molar-refractivity contribution in [1.29, 1.82) is 5.26 Å². The summed E-state index contributed by atoms with van der Waals surface area (Å²) >= 11 is -2.07. The fourth-order valence-electron chi connectivity index (χ4n) is 2.77. The van der Waals surface area contributed by atoms with Crippen LogP contribution in [0.15, 0.2) is 53.6 Å². The van der Waals surface area contributed by atoms with Crippen LogP contribution in [0.4, 0.5) is 5.69 Å². The van der Waals surface area contributed by atoms with Crippen molar-refractivity contribution in [3.8, 4) is 6.07 Å². The maximum Gasteiger partial charge on any atom is 0.261 e. The molecule has 0 spiro atoms. The molecule has 3 rings (SSSR count). The molecule has 3 aromatic rings. The summed E-state index contributed by atoms with van der Waals surface area (Å²) in [6.07, 6.45) is 2.57. The molecule has 9 heteroatoms. The third-order valence-electron chi connectivity index (χ3n) is 4.09. The first kappa shape index (κ1) is 19.1. The molecule has 0 aliphatic heterocycles. The van der Waals surface area contributed by atoms with Crippen LogP contribution >= 0.6 is 0 Å². The van der Waals surface area contributed by atoms with Gasteiger partial charge in [-0.25, -0.2) is 8.42 Å². The maximum atomic E-state index is 12.7. The number of benzene rings is 2. The lowest BCUT2D eigenvalue weighted by Crippen LogP contribution is -2.13. The summed E-state index contributed by atoms with van der Waals surface area (Å²) in [7, 11) is -3.80. The Morgan fingerprint density at radius 1 is 1.19 bits per heavy atom. The molecule has 0 amide bonds. The van der Waals surface area contributed by atoms with Crippen LogP contribution in [0, 0.1) is 11.3 Å². The molecule has 1 heterocycles. The van der Waals surface area contributed by atoms with Gasteiger partial charge < -0.3 is 9.54 Å². The number of aromatic nitrogens is 1. The third-order valence-corrected chi connectivity index (χ3v) is 6.09. The molecule has 2 aromatic carbocycles. The number of fused-ring (bicyclic) bond motifs is 1. The van der Waals surface area contributed by atoms with Gasteiger partial charge in [-0.05, 0) is 36.6 Å². The van der Waals surface area contributed by atoms with Gasteiger partial charge in [0.15, 0.2) is 0 Å². The van der Waals surface area contributed by atoms with E-state index in [1.165, 1.54) is 18.3 Å². The highest BCUT2D eigenvalue weighted by molar-refractivity contribution is 7.92. The lowest BCUT2D eigenvalue weighted by Gasteiger charge is -2.10. The van der Waals surface area contributed by atoms with Gasteiger partial charge in [-0.3, -0.25) is 8.93 Å². The van der Waals surface area contributed by atoms with Gasteiger partial charge in [0.2, 0.25) is 0 Å². The van der Waals surface area contributed by atoms with Gasteiger partial charge in [-0.15, -0.1) is 0 Å². The zero-order chi connectivity index (χ0) is 19.4. The smallest absolute Gasteiger partial charge is 0.261 e. The highest BCUT2D eigenvalue weighted by atomic mass is 32.2. The van der Waals surface area contributed by atoms with Crippen LogP contribution in [0.5, 0.6) is 0 Å². The summed E-state index contributed by atoms with van der Waals surface area (Å²) in [6.45, 7) is 0. The molecule has 1 atom stereocenters. The van der Waals surface area contributed by atoms with Gasteiger partial charge in [0.05, 0.1) is 21.7 Å². The first-order valence-electron chi connectivity index (χ1n) is 8.08. The summed E-state index contributed by atoms with van der Waals surface area (Å²) in [5.41, 5.74) is 2.20. The SMILES string of the molecule is N#Cc1c[nH]c2c(NS(=O)(=O)c3ccc(CCCS(=O)[O-])cc3)cccc12. The van der Waals surface area contributed by atoms with Crippen molar-refractivity contribution < 1.29 is 17.2 Å². The van der Waals surface area contributed by atoms with E-state index in [-0.39, 0.29) is 10.6 Å². The van der Waals surface area contributed by atoms with E-state index in [2.05, 4.69) is 15.8 Å². The van der Waals surface area contributed by atoms with Crippen LogP contribution in [0.2, 0.25) is 0 Å². The molecule has 140 valence electrons. The Labute approximate surface area is 159 Å². The molecule has 1 aromatic heterocycles. The molecule has 0 aliphatic carbocycles. The zero-order valence-electron chi connectivity index (χ0n) is 14.1. The standard InChI is InChI=1S/C18H17N3O4S2/c19-11-14-12-20-18-16(14)4-1-5-17(18)21-27(24,25)15-8-6-13(7-9-15)3-2-10-26(22)23/h1,4-9,12,20-21H,2-3,10H2,(H,22,23)/p-1. The number of hydrogen-bond donors (Lipinski definition) is 2. The van der Waals surface area contributed by atoms with Gasteiger partial charge in [-0.2, -0.15) is 5.26 Å². The molecule has 0 radical (unpaired) electrons. The molecule has 0 fully saturated rings. The number of para-hydroxylation sites is 1. The Balaban J connectivity index is 1.80. The van der Waals surface area contributed by atoms with Crippen LogP contribution in [-0.2, 0) is 27.5 Å². The van der Waals surface area contributed by atoms with Crippen molar-refractivity contribution in [1.82, 2.24) is 4.98 Å². The molecule has 27 heavy (non-hydrogen) atoms. The van der Waals surface area contributed by atoms with Gasteiger partial charge in [0.1, 0.15) is 6.07 Å². The highest BCUT2D eigenvalue weighted by Crippen LogP contribution is 2.27. The molecule has 0 bridgehead atoms. The number of aryl methyl sites for hydroxylation is 1. The van der Waals surface area contributed by atoms with Crippen molar-refractivity contribution >= 4 is 37.7 Å². The number of aromatic amines is 1. The van der Waals surface area contributed by atoms with E-state index in [1.54, 1.807) is 30.3 Å². The summed E-state index contributed by atoms with van der Waals surface area (Å²) in [5.74, 6) is 0.0758. The number of hydrogen-bond acceptors (Lipinski definition) is 5. The Bertz CT molecular complexity index is 1130. The lowest BCUT2D eigenvalue weighted by atomic mass is 10.1. The Hall–Kier alpha value is -2.67. The first-order valence-corrected chi connectivity index (χ1v) is 10.8. The predicted molar refractivity (Wildman–Crippen MR) is 102 cm³/mol. The molecule has 1 unspecified atom stereocenters. The summed E-state index contributed by atoms with van der Waals surface area (Å²) < 4.78 is 49.0. The van der Waals surface area contributed by atoms with Crippen LogP contribution in [0.25, 0.3) is 10.9 Å². The van der Waals surface area contributed by atoms with Crippen LogP contribution in [-0.4, -0.2) is 27.9 Å². The zero-order valence-corrected chi connectivity index (χ0v) is 15.8. The number of nitriles is 1. The molecule has 7 nitrogen and oxygen atoms in total. The van der Waals surface area contributed by atoms with Crippen molar-refractivity contribution in [3.63, 3.8) is 0 Å². The van der Waals surface area contributed by atoms with E-state index in [0.29, 0.717) is 35.0 Å². The minimum atomic E-state index is -3.80. The number of anilines is 1. The number of rotatable bonds is 7. The molecule has 2 N–H and O–H groups in total. The molecular weight excluding hydrogens is 386 g/mol. The normalized spacial score (nSPS) is 12.6. The van der Waals surface area contributed by atoms with E-state index >= 15 is 0 Å². The van der Waals surface area contributed by atoms with Crippen molar-refractivity contribution in [2.75, 3.05) is 10.5 Å². The Kier molecular flexibility index (Phi) is 5.60.